The maximum absolute atomic E-state index is 5.46. The summed E-state index contributed by atoms with van der Waals surface area (Å²) in [5, 5.41) is 3.51. The average molecular weight is 268 g/mol. The van der Waals surface area contributed by atoms with Crippen molar-refractivity contribution in [3.05, 3.63) is 54.4 Å². The molecule has 3 rings (SSSR count). The number of pyridine rings is 1. The molecule has 3 heteroatoms. The molecule has 1 fully saturated rings. The Morgan fingerprint density at radius 1 is 1.10 bits per heavy atom. The Kier molecular flexibility index (Phi) is 4.41. The minimum Gasteiger partial charge on any atom is -0.380 e. The molecule has 0 bridgehead atoms. The molecule has 0 saturated carbocycles. The molecule has 1 aromatic carbocycles. The van der Waals surface area contributed by atoms with Crippen molar-refractivity contribution in [1.82, 2.24) is 10.3 Å². The summed E-state index contributed by atoms with van der Waals surface area (Å²) in [6.07, 6.45) is 4.30. The Hall–Kier alpha value is -1.71. The lowest BCUT2D eigenvalue weighted by Gasteiger charge is -2.23. The lowest BCUT2D eigenvalue weighted by atomic mass is 10.1. The van der Waals surface area contributed by atoms with Crippen LogP contribution < -0.4 is 5.32 Å². The molecule has 2 heterocycles. The van der Waals surface area contributed by atoms with Crippen LogP contribution in [0.2, 0.25) is 0 Å². The first-order valence-corrected chi connectivity index (χ1v) is 7.23. The van der Waals surface area contributed by atoms with Gasteiger partial charge < -0.3 is 10.1 Å². The first kappa shape index (κ1) is 13.3. The van der Waals surface area contributed by atoms with E-state index in [-0.39, 0.29) is 0 Å². The molecule has 0 radical (unpaired) electrons. The Morgan fingerprint density at radius 3 is 2.70 bits per heavy atom. The van der Waals surface area contributed by atoms with Crippen LogP contribution in [0.15, 0.2) is 48.7 Å². The first-order chi connectivity index (χ1) is 9.92. The van der Waals surface area contributed by atoms with Crippen LogP contribution in [0.3, 0.4) is 0 Å². The molecule has 0 amide bonds. The van der Waals surface area contributed by atoms with Gasteiger partial charge in [0.2, 0.25) is 0 Å². The molecule has 20 heavy (non-hydrogen) atoms. The molecule has 1 N–H and O–H groups in total. The minimum atomic E-state index is 0.472. The zero-order valence-corrected chi connectivity index (χ0v) is 11.6. The summed E-state index contributed by atoms with van der Waals surface area (Å²) in [6.45, 7) is 2.54. The molecule has 2 aromatic rings. The van der Waals surface area contributed by atoms with Gasteiger partial charge in [0.15, 0.2) is 0 Å². The predicted molar refractivity (Wildman–Crippen MR) is 80.4 cm³/mol. The number of aromatic nitrogens is 1. The van der Waals surface area contributed by atoms with Gasteiger partial charge in [-0.25, -0.2) is 0 Å². The van der Waals surface area contributed by atoms with E-state index in [2.05, 4.69) is 34.6 Å². The van der Waals surface area contributed by atoms with Crippen molar-refractivity contribution in [2.75, 3.05) is 13.2 Å². The molecule has 1 unspecified atom stereocenters. The van der Waals surface area contributed by atoms with Gasteiger partial charge in [-0.15, -0.1) is 0 Å². The summed E-state index contributed by atoms with van der Waals surface area (Å²) in [7, 11) is 0. The molecule has 0 spiro atoms. The van der Waals surface area contributed by atoms with Crippen LogP contribution in [-0.4, -0.2) is 24.2 Å². The van der Waals surface area contributed by atoms with Crippen LogP contribution in [0, 0.1) is 0 Å². The van der Waals surface area contributed by atoms with Crippen LogP contribution in [0.5, 0.6) is 0 Å². The molecule has 0 aliphatic carbocycles. The fourth-order valence-electron chi connectivity index (χ4n) is 2.48. The van der Waals surface area contributed by atoms with E-state index in [4.69, 9.17) is 4.74 Å². The lowest BCUT2D eigenvalue weighted by Crippen LogP contribution is -2.36. The maximum atomic E-state index is 5.46. The zero-order valence-electron chi connectivity index (χ0n) is 11.6. The third kappa shape index (κ3) is 3.44. The molecule has 1 atom stereocenters. The number of nitrogens with one attached hydrogen (secondary N) is 1. The normalized spacial score (nSPS) is 18.9. The average Bonchev–Trinajstić information content (AvgIpc) is 2.55. The second kappa shape index (κ2) is 6.64. The molecule has 1 aliphatic rings. The Balaban J connectivity index is 1.58. The monoisotopic (exact) mass is 268 g/mol. The van der Waals surface area contributed by atoms with Gasteiger partial charge in [-0.2, -0.15) is 0 Å². The predicted octanol–water partition coefficient (Wildman–Crippen LogP) is 3.02. The quantitative estimate of drug-likeness (QED) is 0.925. The van der Waals surface area contributed by atoms with Crippen molar-refractivity contribution < 1.29 is 4.74 Å². The van der Waals surface area contributed by atoms with Crippen LogP contribution in [-0.2, 0) is 11.3 Å². The van der Waals surface area contributed by atoms with Crippen molar-refractivity contribution in [2.45, 2.75) is 25.4 Å². The molecular formula is C17H20N2O. The summed E-state index contributed by atoms with van der Waals surface area (Å²) in [5.74, 6) is 0. The highest BCUT2D eigenvalue weighted by Gasteiger charge is 2.12. The van der Waals surface area contributed by atoms with Crippen molar-refractivity contribution in [2.24, 2.45) is 0 Å². The van der Waals surface area contributed by atoms with Crippen LogP contribution >= 0.6 is 0 Å². The molecule has 104 valence electrons. The van der Waals surface area contributed by atoms with Crippen LogP contribution in [0.4, 0.5) is 0 Å². The van der Waals surface area contributed by atoms with Crippen molar-refractivity contribution in [1.29, 1.82) is 0 Å². The van der Waals surface area contributed by atoms with Crippen molar-refractivity contribution in [3.63, 3.8) is 0 Å². The molecule has 3 nitrogen and oxygen atoms in total. The van der Waals surface area contributed by atoms with E-state index < -0.39 is 0 Å². The second-order valence-corrected chi connectivity index (χ2v) is 5.20. The van der Waals surface area contributed by atoms with E-state index in [1.165, 1.54) is 12.0 Å². The van der Waals surface area contributed by atoms with Gasteiger partial charge in [-0.1, -0.05) is 36.4 Å². The van der Waals surface area contributed by atoms with E-state index in [9.17, 15) is 0 Å². The number of rotatable bonds is 4. The second-order valence-electron chi connectivity index (χ2n) is 5.20. The topological polar surface area (TPSA) is 34.1 Å². The highest BCUT2D eigenvalue weighted by molar-refractivity contribution is 5.62. The summed E-state index contributed by atoms with van der Waals surface area (Å²) in [6, 6.07) is 15.0. The summed E-state index contributed by atoms with van der Waals surface area (Å²) < 4.78 is 5.46. The van der Waals surface area contributed by atoms with E-state index in [0.717, 1.165) is 37.4 Å². The van der Waals surface area contributed by atoms with Crippen LogP contribution in [0.1, 0.15) is 18.5 Å². The number of hydrogen-bond donors (Lipinski definition) is 1. The maximum Gasteiger partial charge on any atom is 0.0619 e. The fraction of sp³-hybridized carbons (Fsp3) is 0.353. The lowest BCUT2D eigenvalue weighted by molar-refractivity contribution is 0.0698. The number of benzene rings is 1. The number of nitrogens with zero attached hydrogens (tertiary/aromatic N) is 1. The molecule has 1 aliphatic heterocycles. The van der Waals surface area contributed by atoms with Crippen molar-refractivity contribution >= 4 is 0 Å². The SMILES string of the molecule is c1ccc(-c2ccc(CNC3CCCOC3)nc2)cc1. The fourth-order valence-corrected chi connectivity index (χ4v) is 2.48. The van der Waals surface area contributed by atoms with Gasteiger partial charge in [0, 0.05) is 31.0 Å². The highest BCUT2D eigenvalue weighted by Crippen LogP contribution is 2.17. The molecule has 1 saturated heterocycles. The highest BCUT2D eigenvalue weighted by atomic mass is 16.5. The van der Waals surface area contributed by atoms with Gasteiger partial charge in [0.05, 0.1) is 12.3 Å². The third-order valence-corrected chi connectivity index (χ3v) is 3.66. The Bertz CT molecular complexity index is 518. The molecule has 1 aromatic heterocycles. The summed E-state index contributed by atoms with van der Waals surface area (Å²) >= 11 is 0. The molecular weight excluding hydrogens is 248 g/mol. The van der Waals surface area contributed by atoms with E-state index in [1.54, 1.807) is 0 Å². The van der Waals surface area contributed by atoms with Crippen LogP contribution in [0.25, 0.3) is 11.1 Å². The Morgan fingerprint density at radius 2 is 2.00 bits per heavy atom. The van der Waals surface area contributed by atoms with Gasteiger partial charge in [-0.3, -0.25) is 4.98 Å². The summed E-state index contributed by atoms with van der Waals surface area (Å²) in [5.41, 5.74) is 3.45. The smallest absolute Gasteiger partial charge is 0.0619 e. The zero-order chi connectivity index (χ0) is 13.6. The minimum absolute atomic E-state index is 0.472. The third-order valence-electron chi connectivity index (χ3n) is 3.66. The largest absolute Gasteiger partial charge is 0.380 e. The summed E-state index contributed by atoms with van der Waals surface area (Å²) in [4.78, 5) is 4.54. The van der Waals surface area contributed by atoms with E-state index >= 15 is 0 Å². The van der Waals surface area contributed by atoms with Crippen molar-refractivity contribution in [3.8, 4) is 11.1 Å². The van der Waals surface area contributed by atoms with E-state index in [0.29, 0.717) is 6.04 Å². The number of ether oxygens (including phenoxy) is 1. The number of hydrogen-bond acceptors (Lipinski definition) is 3. The van der Waals surface area contributed by atoms with E-state index in [1.807, 2.05) is 24.4 Å². The first-order valence-electron chi connectivity index (χ1n) is 7.23. The van der Waals surface area contributed by atoms with Gasteiger partial charge in [0.1, 0.15) is 0 Å². The standard InChI is InChI=1S/C17H20N2O/c1-2-5-14(6-3-1)15-8-9-16(18-11-15)12-19-17-7-4-10-20-13-17/h1-3,5-6,8-9,11,17,19H,4,7,10,12-13H2. The Labute approximate surface area is 120 Å². The van der Waals surface area contributed by atoms with Gasteiger partial charge >= 0.3 is 0 Å². The van der Waals surface area contributed by atoms with Gasteiger partial charge in [-0.05, 0) is 24.5 Å². The van der Waals surface area contributed by atoms with Gasteiger partial charge in [0.25, 0.3) is 0 Å².